The molecule has 12 nitrogen and oxygen atoms in total. The van der Waals surface area contributed by atoms with Gasteiger partial charge in [-0.1, -0.05) is 17.7 Å². The fourth-order valence-electron chi connectivity index (χ4n) is 5.50. The average Bonchev–Trinajstić information content (AvgIpc) is 3.43. The van der Waals surface area contributed by atoms with Crippen LogP contribution in [0.25, 0.3) is 16.6 Å². The SMILES string of the molecule is Cc1ccc(S(=O)(=O)c2n[nH]n3c2nc(=O)c2ccc(N4CCN(CC(=O)NCCc5ccncc5)CC4)cc23)c(C)c1. The molecule has 13 heteroatoms. The lowest BCUT2D eigenvalue weighted by molar-refractivity contribution is -0.122. The molecule has 2 aromatic carbocycles. The topological polar surface area (TPSA) is 146 Å². The molecule has 1 aliphatic rings. The Morgan fingerprint density at radius 2 is 1.77 bits per heavy atom. The highest BCUT2D eigenvalue weighted by Crippen LogP contribution is 2.27. The number of nitrogens with zero attached hydrogens (tertiary/aromatic N) is 6. The summed E-state index contributed by atoms with van der Waals surface area (Å²) in [5, 5.41) is 9.91. The highest BCUT2D eigenvalue weighted by molar-refractivity contribution is 7.91. The minimum atomic E-state index is -4.04. The molecule has 222 valence electrons. The van der Waals surface area contributed by atoms with E-state index in [1.807, 2.05) is 31.2 Å². The lowest BCUT2D eigenvalue weighted by Crippen LogP contribution is -2.49. The molecule has 0 spiro atoms. The Hall–Kier alpha value is -4.62. The van der Waals surface area contributed by atoms with E-state index in [1.54, 1.807) is 43.6 Å². The number of H-pyrrole nitrogens is 1. The number of aromatic nitrogens is 5. The zero-order valence-electron chi connectivity index (χ0n) is 23.9. The van der Waals surface area contributed by atoms with Gasteiger partial charge in [0.15, 0.2) is 5.65 Å². The van der Waals surface area contributed by atoms with Crippen molar-refractivity contribution >= 4 is 38.0 Å². The molecular weight excluding hydrogens is 568 g/mol. The number of fused-ring (bicyclic) bond motifs is 3. The molecule has 3 aromatic heterocycles. The van der Waals surface area contributed by atoms with Crippen LogP contribution in [0.3, 0.4) is 0 Å². The average molecular weight is 601 g/mol. The van der Waals surface area contributed by atoms with E-state index < -0.39 is 15.4 Å². The van der Waals surface area contributed by atoms with Gasteiger partial charge in [0.05, 0.1) is 22.3 Å². The zero-order valence-corrected chi connectivity index (χ0v) is 24.8. The van der Waals surface area contributed by atoms with E-state index >= 15 is 0 Å². The fourth-order valence-corrected chi connectivity index (χ4v) is 6.97. The second-order valence-electron chi connectivity index (χ2n) is 10.8. The third-order valence-corrected chi connectivity index (χ3v) is 9.60. The van der Waals surface area contributed by atoms with Crippen LogP contribution in [0, 0.1) is 13.8 Å². The van der Waals surface area contributed by atoms with E-state index in [4.69, 9.17) is 0 Å². The molecule has 43 heavy (non-hydrogen) atoms. The molecule has 4 heterocycles. The number of carbonyl (C=O) groups excluding carboxylic acids is 1. The van der Waals surface area contributed by atoms with E-state index in [0.29, 0.717) is 55.7 Å². The summed E-state index contributed by atoms with van der Waals surface area (Å²) in [4.78, 5) is 38.0. The molecule has 0 radical (unpaired) electrons. The summed E-state index contributed by atoms with van der Waals surface area (Å²) in [6.07, 6.45) is 4.24. The number of anilines is 1. The molecular formula is C30H32N8O4S. The lowest BCUT2D eigenvalue weighted by Gasteiger charge is -2.35. The number of carbonyl (C=O) groups is 1. The number of aromatic amines is 1. The summed E-state index contributed by atoms with van der Waals surface area (Å²) in [6, 6.07) is 14.4. The summed E-state index contributed by atoms with van der Waals surface area (Å²) in [7, 11) is -4.04. The Balaban J connectivity index is 1.17. The van der Waals surface area contributed by atoms with Gasteiger partial charge in [0.25, 0.3) is 5.56 Å². The van der Waals surface area contributed by atoms with Crippen molar-refractivity contribution in [1.29, 1.82) is 0 Å². The highest BCUT2D eigenvalue weighted by Gasteiger charge is 2.28. The van der Waals surface area contributed by atoms with Gasteiger partial charge >= 0.3 is 0 Å². The van der Waals surface area contributed by atoms with Gasteiger partial charge in [0.2, 0.25) is 20.8 Å². The van der Waals surface area contributed by atoms with Crippen molar-refractivity contribution in [3.8, 4) is 0 Å². The smallest absolute Gasteiger partial charge is 0.281 e. The molecule has 1 aliphatic heterocycles. The first kappa shape index (κ1) is 28.5. The van der Waals surface area contributed by atoms with E-state index in [-0.39, 0.29) is 21.5 Å². The maximum Gasteiger partial charge on any atom is 0.281 e. The van der Waals surface area contributed by atoms with Gasteiger partial charge in [-0.2, -0.15) is 4.98 Å². The predicted octanol–water partition coefficient (Wildman–Crippen LogP) is 1.90. The van der Waals surface area contributed by atoms with Crippen LogP contribution in [0.15, 0.2) is 75.6 Å². The van der Waals surface area contributed by atoms with Crippen LogP contribution in [0.1, 0.15) is 16.7 Å². The summed E-state index contributed by atoms with van der Waals surface area (Å²) in [5.74, 6) is -0.00619. The van der Waals surface area contributed by atoms with Crippen molar-refractivity contribution in [2.24, 2.45) is 0 Å². The van der Waals surface area contributed by atoms with E-state index in [2.05, 4.69) is 35.4 Å². The van der Waals surface area contributed by atoms with Gasteiger partial charge in [-0.25, -0.2) is 18.1 Å². The maximum absolute atomic E-state index is 13.6. The second kappa shape index (κ2) is 11.6. The maximum atomic E-state index is 13.6. The van der Waals surface area contributed by atoms with Crippen molar-refractivity contribution in [3.63, 3.8) is 0 Å². The van der Waals surface area contributed by atoms with Gasteiger partial charge in [-0.3, -0.25) is 19.5 Å². The highest BCUT2D eigenvalue weighted by atomic mass is 32.2. The first-order valence-corrected chi connectivity index (χ1v) is 15.6. The van der Waals surface area contributed by atoms with Crippen LogP contribution >= 0.6 is 0 Å². The Morgan fingerprint density at radius 1 is 1.00 bits per heavy atom. The second-order valence-corrected chi connectivity index (χ2v) is 12.6. The summed E-state index contributed by atoms with van der Waals surface area (Å²) in [6.45, 7) is 7.29. The Morgan fingerprint density at radius 3 is 2.51 bits per heavy atom. The number of hydrogen-bond donors (Lipinski definition) is 2. The standard InChI is InChI=1S/C30H32N8O4S/c1-20-3-6-26(21(2)17-20)43(41,42)30-28-33-29(40)24-5-4-23(18-25(24)38(28)35-34-30)37-15-13-36(14-16-37)19-27(39)32-12-9-22-7-10-31-11-8-22/h3-8,10-11,17-18,35H,9,12-16,19H2,1-2H3,(H,32,39). The van der Waals surface area contributed by atoms with Crippen molar-refractivity contribution < 1.29 is 13.2 Å². The number of amides is 1. The number of piperazine rings is 1. The summed E-state index contributed by atoms with van der Waals surface area (Å²) < 4.78 is 28.6. The minimum absolute atomic E-state index is 0.00619. The Bertz CT molecular complexity index is 1980. The van der Waals surface area contributed by atoms with Crippen LogP contribution in [-0.2, 0) is 21.1 Å². The first-order valence-electron chi connectivity index (χ1n) is 14.1. The predicted molar refractivity (Wildman–Crippen MR) is 162 cm³/mol. The van der Waals surface area contributed by atoms with Crippen LogP contribution in [-0.4, -0.2) is 83.3 Å². The third kappa shape index (κ3) is 5.73. The van der Waals surface area contributed by atoms with Crippen LogP contribution in [0.2, 0.25) is 0 Å². The number of nitrogens with one attached hydrogen (secondary N) is 2. The van der Waals surface area contributed by atoms with Crippen molar-refractivity contribution in [2.45, 2.75) is 30.2 Å². The molecule has 0 atom stereocenters. The van der Waals surface area contributed by atoms with E-state index in [9.17, 15) is 18.0 Å². The summed E-state index contributed by atoms with van der Waals surface area (Å²) in [5.41, 5.74) is 3.45. The van der Waals surface area contributed by atoms with Gasteiger partial charge in [-0.05, 0) is 67.8 Å². The number of pyridine rings is 1. The molecule has 0 unspecified atom stereocenters. The number of hydrogen-bond acceptors (Lipinski definition) is 9. The fraction of sp³-hybridized carbons (Fsp3) is 0.300. The summed E-state index contributed by atoms with van der Waals surface area (Å²) >= 11 is 0. The molecule has 0 saturated carbocycles. The molecule has 1 saturated heterocycles. The van der Waals surface area contributed by atoms with Gasteiger partial charge < -0.3 is 10.2 Å². The van der Waals surface area contributed by atoms with E-state index in [1.165, 1.54) is 4.52 Å². The molecule has 0 aliphatic carbocycles. The number of aryl methyl sites for hydroxylation is 2. The van der Waals surface area contributed by atoms with Crippen LogP contribution in [0.5, 0.6) is 0 Å². The molecule has 2 N–H and O–H groups in total. The van der Waals surface area contributed by atoms with Crippen molar-refractivity contribution in [2.75, 3.05) is 44.2 Å². The first-order chi connectivity index (χ1) is 20.7. The number of rotatable bonds is 8. The van der Waals surface area contributed by atoms with Crippen molar-refractivity contribution in [3.05, 3.63) is 88.0 Å². The molecule has 6 rings (SSSR count). The Kier molecular flexibility index (Phi) is 7.67. The van der Waals surface area contributed by atoms with Gasteiger partial charge in [0, 0.05) is 50.8 Å². The van der Waals surface area contributed by atoms with Gasteiger partial charge in [0.1, 0.15) is 0 Å². The van der Waals surface area contributed by atoms with Crippen molar-refractivity contribution in [1.82, 2.24) is 35.0 Å². The third-order valence-electron chi connectivity index (χ3n) is 7.78. The molecule has 5 aromatic rings. The van der Waals surface area contributed by atoms with Crippen LogP contribution in [0.4, 0.5) is 5.69 Å². The minimum Gasteiger partial charge on any atom is -0.369 e. The molecule has 1 fully saturated rings. The van der Waals surface area contributed by atoms with Crippen LogP contribution < -0.4 is 15.8 Å². The van der Waals surface area contributed by atoms with Gasteiger partial charge in [-0.15, -0.1) is 5.10 Å². The monoisotopic (exact) mass is 600 g/mol. The number of sulfone groups is 1. The Labute approximate surface area is 248 Å². The zero-order chi connectivity index (χ0) is 30.1. The molecule has 1 amide bonds. The van der Waals surface area contributed by atoms with E-state index in [0.717, 1.165) is 23.2 Å². The lowest BCUT2D eigenvalue weighted by atomic mass is 10.2. The number of benzene rings is 2. The molecule has 0 bridgehead atoms. The quantitative estimate of drug-likeness (QED) is 0.273. The largest absolute Gasteiger partial charge is 0.369 e. The normalized spacial score (nSPS) is 14.4.